The zero-order chi connectivity index (χ0) is 10.8. The Morgan fingerprint density at radius 2 is 2.07 bits per heavy atom. The fourth-order valence-electron chi connectivity index (χ4n) is 2.21. The first-order chi connectivity index (χ1) is 7.24. The molecule has 0 amide bonds. The van der Waals surface area contributed by atoms with Gasteiger partial charge in [0, 0.05) is 0 Å². The number of benzene rings is 1. The second-order valence-corrected chi connectivity index (χ2v) is 4.23. The Morgan fingerprint density at radius 3 is 2.67 bits per heavy atom. The highest BCUT2D eigenvalue weighted by atomic mass is 16.5. The van der Waals surface area contributed by atoms with Crippen molar-refractivity contribution in [2.45, 2.75) is 19.3 Å². The summed E-state index contributed by atoms with van der Waals surface area (Å²) in [7, 11) is 1.46. The van der Waals surface area contributed by atoms with Crippen molar-refractivity contribution >= 4 is 5.97 Å². The molecule has 1 aliphatic carbocycles. The molecule has 0 saturated heterocycles. The topological polar surface area (TPSA) is 26.3 Å². The molecule has 3 unspecified atom stereocenters. The van der Waals surface area contributed by atoms with Gasteiger partial charge >= 0.3 is 5.97 Å². The molecule has 1 saturated carbocycles. The summed E-state index contributed by atoms with van der Waals surface area (Å²) in [6.07, 6.45) is 1.11. The molecule has 1 aromatic rings. The number of hydrogen-bond donors (Lipinski definition) is 0. The third-order valence-corrected chi connectivity index (χ3v) is 3.28. The van der Waals surface area contributed by atoms with Crippen LogP contribution in [-0.2, 0) is 9.53 Å². The molecule has 1 aliphatic rings. The Hall–Kier alpha value is -1.31. The molecule has 80 valence electrons. The van der Waals surface area contributed by atoms with E-state index in [4.69, 9.17) is 4.74 Å². The normalized spacial score (nSPS) is 25.7. The Kier molecular flexibility index (Phi) is 2.76. The number of carbonyl (C=O) groups excluding carboxylic acids is 1. The standard InChI is InChI=1S/C13H16O2/c1-9(13(14)15-2)11-8-12(11)10-6-4-3-5-7-10/h3-7,9,11-12H,8H2,1-2H3. The smallest absolute Gasteiger partial charge is 0.308 e. The summed E-state index contributed by atoms with van der Waals surface area (Å²) in [5.74, 6) is 0.971. The van der Waals surface area contributed by atoms with Gasteiger partial charge in [0.15, 0.2) is 0 Å². The number of ether oxygens (including phenoxy) is 1. The second kappa shape index (κ2) is 4.05. The van der Waals surface area contributed by atoms with Crippen LogP contribution in [0.5, 0.6) is 0 Å². The lowest BCUT2D eigenvalue weighted by Gasteiger charge is -2.08. The van der Waals surface area contributed by atoms with Crippen molar-refractivity contribution in [1.29, 1.82) is 0 Å². The number of esters is 1. The van der Waals surface area contributed by atoms with Crippen LogP contribution in [0.3, 0.4) is 0 Å². The predicted octanol–water partition coefficient (Wildman–Crippen LogP) is 2.60. The average molecular weight is 204 g/mol. The van der Waals surface area contributed by atoms with Gasteiger partial charge in [-0.25, -0.2) is 0 Å². The molecule has 1 fully saturated rings. The van der Waals surface area contributed by atoms with E-state index in [1.165, 1.54) is 12.7 Å². The van der Waals surface area contributed by atoms with E-state index in [0.717, 1.165) is 6.42 Å². The Morgan fingerprint density at radius 1 is 1.40 bits per heavy atom. The zero-order valence-electron chi connectivity index (χ0n) is 9.14. The highest BCUT2D eigenvalue weighted by Gasteiger charge is 2.44. The number of carbonyl (C=O) groups is 1. The predicted molar refractivity (Wildman–Crippen MR) is 58.5 cm³/mol. The van der Waals surface area contributed by atoms with E-state index in [1.807, 2.05) is 25.1 Å². The summed E-state index contributed by atoms with van der Waals surface area (Å²) < 4.78 is 4.76. The van der Waals surface area contributed by atoms with Gasteiger partial charge in [0.1, 0.15) is 0 Å². The van der Waals surface area contributed by atoms with Crippen molar-refractivity contribution in [2.75, 3.05) is 7.11 Å². The third-order valence-electron chi connectivity index (χ3n) is 3.28. The van der Waals surface area contributed by atoms with Gasteiger partial charge in [-0.2, -0.15) is 0 Å². The highest BCUT2D eigenvalue weighted by Crippen LogP contribution is 2.51. The summed E-state index contributed by atoms with van der Waals surface area (Å²) in [6.45, 7) is 1.96. The first kappa shape index (κ1) is 10.2. The maximum atomic E-state index is 11.3. The molecule has 2 nitrogen and oxygen atoms in total. The minimum atomic E-state index is -0.0848. The molecule has 0 aromatic heterocycles. The van der Waals surface area contributed by atoms with Gasteiger partial charge in [0.05, 0.1) is 13.0 Å². The van der Waals surface area contributed by atoms with Gasteiger partial charge in [-0.1, -0.05) is 37.3 Å². The van der Waals surface area contributed by atoms with E-state index in [9.17, 15) is 4.79 Å². The van der Waals surface area contributed by atoms with Crippen LogP contribution < -0.4 is 0 Å². The molecule has 2 heteroatoms. The van der Waals surface area contributed by atoms with Gasteiger partial charge < -0.3 is 4.74 Å². The molecule has 0 N–H and O–H groups in total. The van der Waals surface area contributed by atoms with Crippen LogP contribution in [0.25, 0.3) is 0 Å². The van der Waals surface area contributed by atoms with Crippen LogP contribution in [0.2, 0.25) is 0 Å². The van der Waals surface area contributed by atoms with Crippen molar-refractivity contribution in [3.63, 3.8) is 0 Å². The van der Waals surface area contributed by atoms with Gasteiger partial charge in [-0.05, 0) is 23.8 Å². The summed E-state index contributed by atoms with van der Waals surface area (Å²) in [4.78, 5) is 11.3. The monoisotopic (exact) mass is 204 g/mol. The van der Waals surface area contributed by atoms with Crippen molar-refractivity contribution < 1.29 is 9.53 Å². The van der Waals surface area contributed by atoms with Crippen LogP contribution in [-0.4, -0.2) is 13.1 Å². The van der Waals surface area contributed by atoms with Crippen LogP contribution in [0, 0.1) is 11.8 Å². The SMILES string of the molecule is COC(=O)C(C)C1CC1c1ccccc1. The molecular weight excluding hydrogens is 188 g/mol. The number of rotatable bonds is 3. The van der Waals surface area contributed by atoms with E-state index < -0.39 is 0 Å². The van der Waals surface area contributed by atoms with Crippen molar-refractivity contribution in [1.82, 2.24) is 0 Å². The van der Waals surface area contributed by atoms with E-state index >= 15 is 0 Å². The lowest BCUT2D eigenvalue weighted by Crippen LogP contribution is -2.15. The number of hydrogen-bond acceptors (Lipinski definition) is 2. The molecule has 0 radical (unpaired) electrons. The summed E-state index contributed by atoms with van der Waals surface area (Å²) in [5, 5.41) is 0. The van der Waals surface area contributed by atoms with Crippen molar-refractivity contribution in [2.24, 2.45) is 11.8 Å². The van der Waals surface area contributed by atoms with Gasteiger partial charge in [0.25, 0.3) is 0 Å². The molecule has 3 atom stereocenters. The molecular formula is C13H16O2. The molecule has 0 spiro atoms. The van der Waals surface area contributed by atoms with E-state index in [0.29, 0.717) is 11.8 Å². The minimum Gasteiger partial charge on any atom is -0.469 e. The molecule has 0 aliphatic heterocycles. The average Bonchev–Trinajstić information content (AvgIpc) is 3.08. The van der Waals surface area contributed by atoms with E-state index in [1.54, 1.807) is 0 Å². The highest BCUT2D eigenvalue weighted by molar-refractivity contribution is 5.73. The minimum absolute atomic E-state index is 0.0280. The van der Waals surface area contributed by atoms with Crippen LogP contribution in [0.15, 0.2) is 30.3 Å². The summed E-state index contributed by atoms with van der Waals surface area (Å²) in [5.41, 5.74) is 1.35. The molecule has 15 heavy (non-hydrogen) atoms. The summed E-state index contributed by atoms with van der Waals surface area (Å²) >= 11 is 0. The van der Waals surface area contributed by atoms with Gasteiger partial charge in [-0.15, -0.1) is 0 Å². The number of methoxy groups -OCH3 is 1. The third kappa shape index (κ3) is 2.04. The van der Waals surface area contributed by atoms with E-state index in [-0.39, 0.29) is 11.9 Å². The fourth-order valence-corrected chi connectivity index (χ4v) is 2.21. The Labute approximate surface area is 90.3 Å². The maximum Gasteiger partial charge on any atom is 0.308 e. The van der Waals surface area contributed by atoms with Crippen molar-refractivity contribution in [3.8, 4) is 0 Å². The lowest BCUT2D eigenvalue weighted by atomic mass is 10.0. The Bertz CT molecular complexity index is 345. The fraction of sp³-hybridized carbons (Fsp3) is 0.462. The zero-order valence-corrected chi connectivity index (χ0v) is 9.14. The first-order valence-electron chi connectivity index (χ1n) is 5.37. The first-order valence-corrected chi connectivity index (χ1v) is 5.37. The molecule has 2 rings (SSSR count). The molecule has 1 aromatic carbocycles. The van der Waals surface area contributed by atoms with E-state index in [2.05, 4.69) is 12.1 Å². The lowest BCUT2D eigenvalue weighted by molar-refractivity contribution is -0.145. The van der Waals surface area contributed by atoms with Crippen LogP contribution >= 0.6 is 0 Å². The van der Waals surface area contributed by atoms with Gasteiger partial charge in [0.2, 0.25) is 0 Å². The Balaban J connectivity index is 1.99. The maximum absolute atomic E-state index is 11.3. The molecule has 0 heterocycles. The molecule has 0 bridgehead atoms. The van der Waals surface area contributed by atoms with Crippen molar-refractivity contribution in [3.05, 3.63) is 35.9 Å². The summed E-state index contributed by atoms with van der Waals surface area (Å²) in [6, 6.07) is 10.4. The quantitative estimate of drug-likeness (QED) is 0.707. The second-order valence-electron chi connectivity index (χ2n) is 4.23. The largest absolute Gasteiger partial charge is 0.469 e. The van der Waals surface area contributed by atoms with Gasteiger partial charge in [-0.3, -0.25) is 4.79 Å². The van der Waals surface area contributed by atoms with Crippen LogP contribution in [0.4, 0.5) is 0 Å². The van der Waals surface area contributed by atoms with Crippen LogP contribution in [0.1, 0.15) is 24.8 Å².